The Kier molecular flexibility index (Phi) is 8.94. The number of amides is 6. The highest BCUT2D eigenvalue weighted by Gasteiger charge is 2.45. The number of hydrogen-bond acceptors (Lipinski definition) is 11. The molecule has 0 bridgehead atoms. The summed E-state index contributed by atoms with van der Waals surface area (Å²) in [6.07, 6.45) is 9.34. The number of nitrogens with zero attached hydrogens (tertiary/aromatic N) is 7. The van der Waals surface area contributed by atoms with Gasteiger partial charge in [0.25, 0.3) is 17.7 Å². The van der Waals surface area contributed by atoms with Crippen molar-refractivity contribution in [1.82, 2.24) is 44.6 Å². The van der Waals surface area contributed by atoms with Crippen molar-refractivity contribution in [2.75, 3.05) is 43.4 Å². The van der Waals surface area contributed by atoms with Crippen LogP contribution in [0.1, 0.15) is 74.8 Å². The lowest BCUT2D eigenvalue weighted by molar-refractivity contribution is -0.136. The second-order valence-electron chi connectivity index (χ2n) is 14.5. The SMILES string of the molecule is O=C1CCC(N2C(=O)c3cccc(NCCC(=O)N4CCN(C(=O)c5ccc(Nc6nc(C7CC7)cn7c(-c8cn[nH]c8)cnc67)c(F)c5)CC4)c3C2=O)C(=O)N1. The number of hydrogen-bond donors (Lipinski definition) is 4. The predicted molar refractivity (Wildman–Crippen MR) is 201 cm³/mol. The van der Waals surface area contributed by atoms with Crippen LogP contribution in [0.2, 0.25) is 0 Å². The Bertz CT molecular complexity index is 2490. The Hall–Kier alpha value is -6.98. The van der Waals surface area contributed by atoms with Gasteiger partial charge in [-0.25, -0.2) is 14.4 Å². The number of aromatic amines is 1. The molecule has 1 atom stereocenters. The molecule has 5 aromatic rings. The zero-order valence-corrected chi connectivity index (χ0v) is 30.5. The summed E-state index contributed by atoms with van der Waals surface area (Å²) in [6.45, 7) is 1.24. The smallest absolute Gasteiger partial charge is 0.264 e. The van der Waals surface area contributed by atoms with Gasteiger partial charge in [0.15, 0.2) is 11.5 Å². The zero-order chi connectivity index (χ0) is 39.4. The first-order chi connectivity index (χ1) is 27.6. The minimum Gasteiger partial charge on any atom is -0.384 e. The van der Waals surface area contributed by atoms with Gasteiger partial charge in [-0.2, -0.15) is 5.10 Å². The number of rotatable bonds is 10. The number of halogens is 1. The number of imide groups is 2. The van der Waals surface area contributed by atoms with Crippen LogP contribution in [0.4, 0.5) is 21.6 Å². The summed E-state index contributed by atoms with van der Waals surface area (Å²) in [6, 6.07) is 7.91. The van der Waals surface area contributed by atoms with Gasteiger partial charge in [-0.15, -0.1) is 0 Å². The first kappa shape index (κ1) is 35.7. The van der Waals surface area contributed by atoms with Crippen LogP contribution in [0.15, 0.2) is 61.2 Å². The van der Waals surface area contributed by atoms with Crippen LogP contribution in [0.3, 0.4) is 0 Å². The number of imidazole rings is 1. The van der Waals surface area contributed by atoms with Crippen molar-refractivity contribution >= 4 is 58.3 Å². The molecule has 3 fully saturated rings. The Morgan fingerprint density at radius 1 is 0.930 bits per heavy atom. The number of carbonyl (C=O) groups excluding carboxylic acids is 6. The molecule has 2 saturated heterocycles. The van der Waals surface area contributed by atoms with E-state index in [-0.39, 0.29) is 86.2 Å². The van der Waals surface area contributed by atoms with E-state index in [1.807, 2.05) is 10.6 Å². The van der Waals surface area contributed by atoms with Crippen LogP contribution in [0, 0.1) is 5.82 Å². The van der Waals surface area contributed by atoms with Crippen LogP contribution in [-0.2, 0) is 14.4 Å². The van der Waals surface area contributed by atoms with Gasteiger partial charge in [-0.05, 0) is 49.6 Å². The maximum Gasteiger partial charge on any atom is 0.264 e. The topological polar surface area (TPSA) is 207 Å². The quantitative estimate of drug-likeness (QED) is 0.152. The number of aromatic nitrogens is 5. The lowest BCUT2D eigenvalue weighted by Gasteiger charge is -2.35. The van der Waals surface area contributed by atoms with E-state index in [1.165, 1.54) is 18.2 Å². The van der Waals surface area contributed by atoms with Gasteiger partial charge in [-0.1, -0.05) is 6.07 Å². The molecule has 0 radical (unpaired) electrons. The molecular formula is C39H36FN11O6. The van der Waals surface area contributed by atoms with Crippen molar-refractivity contribution in [3.05, 3.63) is 89.4 Å². The number of piperazine rings is 1. The third kappa shape index (κ3) is 6.61. The number of fused-ring (bicyclic) bond motifs is 2. The van der Waals surface area contributed by atoms with Gasteiger partial charge in [0.2, 0.25) is 17.7 Å². The highest BCUT2D eigenvalue weighted by molar-refractivity contribution is 6.25. The first-order valence-corrected chi connectivity index (χ1v) is 18.7. The second kappa shape index (κ2) is 14.3. The molecular weight excluding hydrogens is 737 g/mol. The van der Waals surface area contributed by atoms with E-state index in [0.29, 0.717) is 23.1 Å². The largest absolute Gasteiger partial charge is 0.384 e. The predicted octanol–water partition coefficient (Wildman–Crippen LogP) is 3.07. The maximum absolute atomic E-state index is 15.6. The maximum atomic E-state index is 15.6. The normalized spacial score (nSPS) is 18.3. The zero-order valence-electron chi connectivity index (χ0n) is 30.5. The number of nitrogens with one attached hydrogen (secondary N) is 4. The molecule has 0 spiro atoms. The van der Waals surface area contributed by atoms with Crippen LogP contribution in [0.25, 0.3) is 16.9 Å². The minimum atomic E-state index is -1.08. The van der Waals surface area contributed by atoms with Gasteiger partial charge in [-0.3, -0.25) is 48.5 Å². The third-order valence-electron chi connectivity index (χ3n) is 10.8. The summed E-state index contributed by atoms with van der Waals surface area (Å²) >= 11 is 0. The molecule has 9 rings (SSSR count). The van der Waals surface area contributed by atoms with E-state index in [1.54, 1.807) is 46.6 Å². The molecule has 290 valence electrons. The van der Waals surface area contributed by atoms with Crippen molar-refractivity contribution in [1.29, 1.82) is 0 Å². The third-order valence-corrected chi connectivity index (χ3v) is 10.8. The van der Waals surface area contributed by atoms with E-state index in [0.717, 1.165) is 34.7 Å². The van der Waals surface area contributed by atoms with Crippen LogP contribution in [-0.4, -0.2) is 113 Å². The molecule has 2 aromatic carbocycles. The number of benzene rings is 2. The van der Waals surface area contributed by atoms with Crippen molar-refractivity contribution in [2.45, 2.75) is 44.1 Å². The van der Waals surface area contributed by atoms with Crippen molar-refractivity contribution in [3.8, 4) is 11.3 Å². The van der Waals surface area contributed by atoms with Crippen molar-refractivity contribution in [3.63, 3.8) is 0 Å². The summed E-state index contributed by atoms with van der Waals surface area (Å²) in [4.78, 5) is 90.6. The van der Waals surface area contributed by atoms with Crippen LogP contribution >= 0.6 is 0 Å². The monoisotopic (exact) mass is 773 g/mol. The fourth-order valence-electron chi connectivity index (χ4n) is 7.61. The fraction of sp³-hybridized carbons (Fsp3) is 0.308. The van der Waals surface area contributed by atoms with E-state index >= 15 is 4.39 Å². The molecule has 1 aliphatic carbocycles. The lowest BCUT2D eigenvalue weighted by Crippen LogP contribution is -2.54. The highest BCUT2D eigenvalue weighted by Crippen LogP contribution is 2.40. The van der Waals surface area contributed by atoms with E-state index in [9.17, 15) is 28.8 Å². The van der Waals surface area contributed by atoms with E-state index < -0.39 is 35.5 Å². The molecule has 6 amide bonds. The minimum absolute atomic E-state index is 0.0169. The fourth-order valence-corrected chi connectivity index (χ4v) is 7.61. The van der Waals surface area contributed by atoms with Gasteiger partial charge in [0.05, 0.1) is 40.6 Å². The van der Waals surface area contributed by atoms with E-state index in [4.69, 9.17) is 4.98 Å². The van der Waals surface area contributed by atoms with E-state index in [2.05, 4.69) is 31.1 Å². The molecule has 1 saturated carbocycles. The Morgan fingerprint density at radius 2 is 1.74 bits per heavy atom. The van der Waals surface area contributed by atoms with Gasteiger partial charge < -0.3 is 20.4 Å². The molecule has 4 aliphatic rings. The Morgan fingerprint density at radius 3 is 2.47 bits per heavy atom. The molecule has 6 heterocycles. The molecule has 57 heavy (non-hydrogen) atoms. The van der Waals surface area contributed by atoms with Crippen molar-refractivity contribution < 1.29 is 33.2 Å². The number of H-pyrrole nitrogens is 1. The molecule has 4 N–H and O–H groups in total. The average Bonchev–Trinajstić information content (AvgIpc) is 3.64. The summed E-state index contributed by atoms with van der Waals surface area (Å²) in [7, 11) is 0. The van der Waals surface area contributed by atoms with Crippen LogP contribution in [0.5, 0.6) is 0 Å². The van der Waals surface area contributed by atoms with Crippen LogP contribution < -0.4 is 16.0 Å². The number of anilines is 3. The molecule has 1 unspecified atom stereocenters. The Balaban J connectivity index is 0.798. The summed E-state index contributed by atoms with van der Waals surface area (Å²) in [5.41, 5.74) is 4.00. The molecule has 17 nitrogen and oxygen atoms in total. The second-order valence-corrected chi connectivity index (χ2v) is 14.5. The van der Waals surface area contributed by atoms with Gasteiger partial charge >= 0.3 is 0 Å². The average molecular weight is 774 g/mol. The van der Waals surface area contributed by atoms with Crippen molar-refractivity contribution in [2.24, 2.45) is 0 Å². The summed E-state index contributed by atoms with van der Waals surface area (Å²) in [5, 5.41) is 15.2. The molecule has 3 aromatic heterocycles. The standard InChI is InChI=1S/C39H36FN11O6/c40-25-16-22(6-7-26(25)45-34-35-42-19-30(23-17-43-44-18-23)50(35)20-28(46-34)21-4-5-21)37(55)49-14-12-48(13-15-49)32(53)10-11-41-27-3-1-2-24-33(27)39(57)51(38(24)56)29-8-9-31(52)47-36(29)54/h1-3,6-7,16-21,29,41H,4-5,8-15H2,(H,43,44)(H,45,46)(H,47,52,54). The lowest BCUT2D eigenvalue weighted by atomic mass is 10.0. The Labute approximate surface area is 323 Å². The summed E-state index contributed by atoms with van der Waals surface area (Å²) in [5.74, 6) is -2.83. The van der Waals surface area contributed by atoms with Gasteiger partial charge in [0.1, 0.15) is 11.9 Å². The van der Waals surface area contributed by atoms with Gasteiger partial charge in [0, 0.05) is 80.7 Å². The highest BCUT2D eigenvalue weighted by atomic mass is 19.1. The molecule has 18 heteroatoms. The number of piperidine rings is 1. The number of carbonyl (C=O) groups is 6. The first-order valence-electron chi connectivity index (χ1n) is 18.7. The molecule has 3 aliphatic heterocycles. The summed E-state index contributed by atoms with van der Waals surface area (Å²) < 4.78 is 17.5.